The lowest BCUT2D eigenvalue weighted by Gasteiger charge is -2.32. The van der Waals surface area contributed by atoms with Crippen LogP contribution < -0.4 is 5.32 Å². The molecular weight excluding hydrogens is 333 g/mol. The average molecular weight is 357 g/mol. The number of hydrogen-bond donors (Lipinski definition) is 1. The fourth-order valence-corrected chi connectivity index (χ4v) is 2.88. The molecule has 1 aromatic carbocycles. The molecule has 1 aromatic rings. The minimum atomic E-state index is -0.557. The standard InChI is InChI=1S/C19H24BNO5/c1-12(22)21-10-15(20-25-18(2,3)19(4,5)26-20)9-13-6-7-16-14(8-13)11-24-17(16)23/h6-9H,10-11H2,1-5H3,(H,21,22). The molecule has 1 amide bonds. The first-order valence-corrected chi connectivity index (χ1v) is 8.70. The number of nitrogens with one attached hydrogen (secondary N) is 1. The van der Waals surface area contributed by atoms with Crippen LogP contribution >= 0.6 is 0 Å². The summed E-state index contributed by atoms with van der Waals surface area (Å²) >= 11 is 0. The summed E-state index contributed by atoms with van der Waals surface area (Å²) in [5, 5.41) is 2.81. The summed E-state index contributed by atoms with van der Waals surface area (Å²) in [6.45, 7) is 10.0. The predicted molar refractivity (Wildman–Crippen MR) is 98.3 cm³/mol. The molecule has 138 valence electrons. The maximum absolute atomic E-state index is 11.6. The molecule has 26 heavy (non-hydrogen) atoms. The van der Waals surface area contributed by atoms with Crippen LogP contribution in [0.1, 0.15) is 56.1 Å². The van der Waals surface area contributed by atoms with Crippen LogP contribution in [0.5, 0.6) is 0 Å². The van der Waals surface area contributed by atoms with Gasteiger partial charge in [0.25, 0.3) is 0 Å². The van der Waals surface area contributed by atoms with Gasteiger partial charge in [-0.15, -0.1) is 0 Å². The molecule has 0 radical (unpaired) electrons. The Morgan fingerprint density at radius 1 is 1.23 bits per heavy atom. The highest BCUT2D eigenvalue weighted by molar-refractivity contribution is 6.56. The molecule has 0 aliphatic carbocycles. The molecule has 2 aliphatic rings. The fraction of sp³-hybridized carbons (Fsp3) is 0.474. The quantitative estimate of drug-likeness (QED) is 0.662. The van der Waals surface area contributed by atoms with E-state index in [-0.39, 0.29) is 18.5 Å². The van der Waals surface area contributed by atoms with E-state index in [0.717, 1.165) is 16.6 Å². The molecule has 2 aliphatic heterocycles. The van der Waals surface area contributed by atoms with Gasteiger partial charge in [-0.3, -0.25) is 4.79 Å². The maximum atomic E-state index is 11.6. The van der Waals surface area contributed by atoms with Gasteiger partial charge < -0.3 is 19.4 Å². The summed E-state index contributed by atoms with van der Waals surface area (Å²) in [5.41, 5.74) is 2.23. The third-order valence-corrected chi connectivity index (χ3v) is 5.16. The Labute approximate surface area is 154 Å². The van der Waals surface area contributed by atoms with Crippen LogP contribution in [0.15, 0.2) is 23.7 Å². The lowest BCUT2D eigenvalue weighted by atomic mass is 9.77. The van der Waals surface area contributed by atoms with Crippen molar-refractivity contribution in [2.24, 2.45) is 0 Å². The molecule has 7 heteroatoms. The van der Waals surface area contributed by atoms with Crippen LogP contribution in [-0.2, 0) is 25.4 Å². The van der Waals surface area contributed by atoms with Crippen molar-refractivity contribution in [3.63, 3.8) is 0 Å². The maximum Gasteiger partial charge on any atom is 0.492 e. The monoisotopic (exact) mass is 357 g/mol. The third-order valence-electron chi connectivity index (χ3n) is 5.16. The highest BCUT2D eigenvalue weighted by atomic mass is 16.7. The molecule has 0 aromatic heterocycles. The van der Waals surface area contributed by atoms with E-state index in [1.54, 1.807) is 6.07 Å². The third kappa shape index (κ3) is 3.55. The van der Waals surface area contributed by atoms with Gasteiger partial charge in [0, 0.05) is 19.0 Å². The number of carbonyl (C=O) groups is 2. The van der Waals surface area contributed by atoms with E-state index < -0.39 is 18.3 Å². The van der Waals surface area contributed by atoms with Crippen LogP contribution in [-0.4, -0.2) is 36.7 Å². The van der Waals surface area contributed by atoms with E-state index in [4.69, 9.17) is 14.0 Å². The summed E-state index contributed by atoms with van der Waals surface area (Å²) < 4.78 is 17.3. The highest BCUT2D eigenvalue weighted by Gasteiger charge is 2.52. The van der Waals surface area contributed by atoms with Crippen LogP contribution in [0.4, 0.5) is 0 Å². The molecule has 0 unspecified atom stereocenters. The van der Waals surface area contributed by atoms with Crippen molar-refractivity contribution in [1.29, 1.82) is 0 Å². The number of rotatable bonds is 4. The normalized spacial score (nSPS) is 20.7. The van der Waals surface area contributed by atoms with Crippen molar-refractivity contribution in [3.8, 4) is 0 Å². The smallest absolute Gasteiger partial charge is 0.457 e. The van der Waals surface area contributed by atoms with Gasteiger partial charge in [-0.2, -0.15) is 0 Å². The van der Waals surface area contributed by atoms with Gasteiger partial charge >= 0.3 is 13.1 Å². The van der Waals surface area contributed by atoms with E-state index in [0.29, 0.717) is 12.1 Å². The number of ether oxygens (including phenoxy) is 1. The minimum absolute atomic E-state index is 0.125. The molecule has 1 N–H and O–H groups in total. The van der Waals surface area contributed by atoms with Gasteiger partial charge in [-0.05, 0) is 50.9 Å². The Hall–Kier alpha value is -2.12. The van der Waals surface area contributed by atoms with Gasteiger partial charge in [-0.1, -0.05) is 12.1 Å². The van der Waals surface area contributed by atoms with Crippen molar-refractivity contribution < 1.29 is 23.6 Å². The molecule has 0 saturated carbocycles. The van der Waals surface area contributed by atoms with Gasteiger partial charge in [0.15, 0.2) is 0 Å². The molecule has 6 nitrogen and oxygen atoms in total. The zero-order valence-corrected chi connectivity index (χ0v) is 15.8. The summed E-state index contributed by atoms with van der Waals surface area (Å²) in [7, 11) is -0.557. The second-order valence-electron chi connectivity index (χ2n) is 7.71. The number of fused-ring (bicyclic) bond motifs is 1. The predicted octanol–water partition coefficient (Wildman–Crippen LogP) is 2.51. The number of esters is 1. The Bertz CT molecular complexity index is 768. The number of amides is 1. The van der Waals surface area contributed by atoms with Crippen molar-refractivity contribution in [2.75, 3.05) is 6.54 Å². The van der Waals surface area contributed by atoms with Gasteiger partial charge in [-0.25, -0.2) is 4.79 Å². The van der Waals surface area contributed by atoms with E-state index in [1.807, 2.05) is 45.9 Å². The van der Waals surface area contributed by atoms with Crippen LogP contribution in [0.25, 0.3) is 6.08 Å². The Balaban J connectivity index is 1.90. The lowest BCUT2D eigenvalue weighted by Crippen LogP contribution is -2.41. The van der Waals surface area contributed by atoms with Gasteiger partial charge in [0.05, 0.1) is 16.8 Å². The van der Waals surface area contributed by atoms with Crippen molar-refractivity contribution in [3.05, 3.63) is 40.4 Å². The Morgan fingerprint density at radius 3 is 2.50 bits per heavy atom. The molecule has 2 heterocycles. The first kappa shape index (κ1) is 18.7. The summed E-state index contributed by atoms with van der Waals surface area (Å²) in [6, 6.07) is 5.53. The van der Waals surface area contributed by atoms with Crippen molar-refractivity contribution in [1.82, 2.24) is 5.32 Å². The van der Waals surface area contributed by atoms with E-state index in [2.05, 4.69) is 5.32 Å². The molecule has 1 fully saturated rings. The zero-order chi connectivity index (χ0) is 19.1. The fourth-order valence-electron chi connectivity index (χ4n) is 2.88. The molecule has 0 spiro atoms. The summed E-state index contributed by atoms with van der Waals surface area (Å²) in [4.78, 5) is 23.0. The largest absolute Gasteiger partial charge is 0.492 e. The number of benzene rings is 1. The molecule has 0 atom stereocenters. The lowest BCUT2D eigenvalue weighted by molar-refractivity contribution is -0.118. The van der Waals surface area contributed by atoms with Gasteiger partial charge in [0.1, 0.15) is 6.61 Å². The first-order valence-electron chi connectivity index (χ1n) is 8.70. The van der Waals surface area contributed by atoms with Crippen molar-refractivity contribution in [2.45, 2.75) is 52.4 Å². The van der Waals surface area contributed by atoms with E-state index in [9.17, 15) is 9.59 Å². The number of cyclic esters (lactones) is 1. The van der Waals surface area contributed by atoms with Crippen LogP contribution in [0.2, 0.25) is 0 Å². The number of carbonyl (C=O) groups excluding carboxylic acids is 2. The highest BCUT2D eigenvalue weighted by Crippen LogP contribution is 2.38. The first-order chi connectivity index (χ1) is 12.1. The average Bonchev–Trinajstić information content (AvgIpc) is 3.00. The minimum Gasteiger partial charge on any atom is -0.457 e. The van der Waals surface area contributed by atoms with E-state index in [1.165, 1.54) is 6.92 Å². The van der Waals surface area contributed by atoms with Gasteiger partial charge in [0.2, 0.25) is 5.91 Å². The Morgan fingerprint density at radius 2 is 1.88 bits per heavy atom. The van der Waals surface area contributed by atoms with Crippen LogP contribution in [0, 0.1) is 0 Å². The summed E-state index contributed by atoms with van der Waals surface area (Å²) in [5.74, 6) is -0.416. The number of hydrogen-bond acceptors (Lipinski definition) is 5. The topological polar surface area (TPSA) is 73.9 Å². The molecule has 3 rings (SSSR count). The Kier molecular flexibility index (Phi) is 4.71. The van der Waals surface area contributed by atoms with E-state index >= 15 is 0 Å². The second-order valence-corrected chi connectivity index (χ2v) is 7.71. The molecule has 1 saturated heterocycles. The van der Waals surface area contributed by atoms with Crippen LogP contribution in [0.3, 0.4) is 0 Å². The summed E-state index contributed by atoms with van der Waals surface area (Å²) in [6.07, 6.45) is 1.93. The second kappa shape index (κ2) is 6.56. The van der Waals surface area contributed by atoms with Crippen molar-refractivity contribution >= 4 is 25.1 Å². The molecular formula is C19H24BNO5. The zero-order valence-electron chi connectivity index (χ0n) is 15.8. The SMILES string of the molecule is CC(=O)NCC(=Cc1ccc2c(c1)COC2=O)B1OC(C)(C)C(C)(C)O1. The molecule has 0 bridgehead atoms.